The third kappa shape index (κ3) is 2.42. The Morgan fingerprint density at radius 2 is 2.24 bits per heavy atom. The number of rotatable bonds is 3. The summed E-state index contributed by atoms with van der Waals surface area (Å²) in [5, 5.41) is 3.21. The molecule has 1 aliphatic rings. The summed E-state index contributed by atoms with van der Waals surface area (Å²) in [7, 11) is 3.41. The Balaban J connectivity index is 2.17. The highest BCUT2D eigenvalue weighted by molar-refractivity contribution is 5.98. The molecular formula is C13H18N2O2. The zero-order valence-corrected chi connectivity index (χ0v) is 10.3. The van der Waals surface area contributed by atoms with Crippen molar-refractivity contribution in [3.05, 3.63) is 24.3 Å². The maximum Gasteiger partial charge on any atom is 0.243 e. The number of amides is 1. The van der Waals surface area contributed by atoms with Crippen LogP contribution >= 0.6 is 0 Å². The van der Waals surface area contributed by atoms with Gasteiger partial charge in [0.15, 0.2) is 0 Å². The number of hydrogen-bond acceptors (Lipinski definition) is 3. The fraction of sp³-hybridized carbons (Fsp3) is 0.462. The van der Waals surface area contributed by atoms with Crippen LogP contribution < -0.4 is 15.0 Å². The first-order valence-corrected chi connectivity index (χ1v) is 5.88. The van der Waals surface area contributed by atoms with E-state index in [1.165, 1.54) is 0 Å². The van der Waals surface area contributed by atoms with E-state index in [0.29, 0.717) is 0 Å². The predicted octanol–water partition coefficient (Wildman–Crippen LogP) is 1.41. The Bertz CT molecular complexity index is 400. The fourth-order valence-corrected chi connectivity index (χ4v) is 2.15. The molecule has 4 nitrogen and oxygen atoms in total. The average molecular weight is 234 g/mol. The molecule has 0 spiro atoms. The number of hydrogen-bond donors (Lipinski definition) is 1. The van der Waals surface area contributed by atoms with Crippen LogP contribution in [-0.2, 0) is 4.79 Å². The Labute approximate surface area is 102 Å². The summed E-state index contributed by atoms with van der Waals surface area (Å²) < 4.78 is 5.26. The smallest absolute Gasteiger partial charge is 0.243 e. The normalized spacial score (nSPS) is 19.1. The van der Waals surface area contributed by atoms with Gasteiger partial charge in [-0.15, -0.1) is 0 Å². The minimum atomic E-state index is -0.0510. The predicted molar refractivity (Wildman–Crippen MR) is 67.4 cm³/mol. The van der Waals surface area contributed by atoms with Gasteiger partial charge in [-0.3, -0.25) is 4.79 Å². The summed E-state index contributed by atoms with van der Waals surface area (Å²) in [6.45, 7) is 0.927. The number of carbonyl (C=O) groups is 1. The molecule has 1 heterocycles. The van der Waals surface area contributed by atoms with Crippen LogP contribution in [0.1, 0.15) is 12.8 Å². The Hall–Kier alpha value is -1.55. The molecule has 17 heavy (non-hydrogen) atoms. The van der Waals surface area contributed by atoms with E-state index in [9.17, 15) is 4.79 Å². The quantitative estimate of drug-likeness (QED) is 0.859. The lowest BCUT2D eigenvalue weighted by molar-refractivity contribution is -0.119. The van der Waals surface area contributed by atoms with Crippen molar-refractivity contribution in [3.8, 4) is 5.75 Å². The van der Waals surface area contributed by atoms with Crippen molar-refractivity contribution in [3.63, 3.8) is 0 Å². The number of likely N-dealkylation sites (N-methyl/N-ethyl adjacent to an activating group) is 1. The SMILES string of the molecule is COc1ccccc1N(C)C(=O)[C@H]1CCCN1. The zero-order valence-electron chi connectivity index (χ0n) is 10.3. The third-order valence-electron chi connectivity index (χ3n) is 3.14. The van der Waals surface area contributed by atoms with Crippen LogP contribution in [-0.4, -0.2) is 32.7 Å². The zero-order chi connectivity index (χ0) is 12.3. The van der Waals surface area contributed by atoms with Gasteiger partial charge in [-0.25, -0.2) is 0 Å². The first-order valence-electron chi connectivity index (χ1n) is 5.88. The van der Waals surface area contributed by atoms with Crippen LogP contribution in [0.4, 0.5) is 5.69 Å². The van der Waals surface area contributed by atoms with Crippen molar-refractivity contribution in [2.45, 2.75) is 18.9 Å². The molecule has 1 amide bonds. The summed E-state index contributed by atoms with van der Waals surface area (Å²) in [4.78, 5) is 13.9. The number of nitrogens with one attached hydrogen (secondary N) is 1. The second-order valence-electron chi connectivity index (χ2n) is 4.22. The van der Waals surface area contributed by atoms with Gasteiger partial charge in [-0.1, -0.05) is 12.1 Å². The second kappa shape index (κ2) is 5.19. The van der Waals surface area contributed by atoms with Crippen molar-refractivity contribution in [1.82, 2.24) is 5.32 Å². The van der Waals surface area contributed by atoms with Crippen LogP contribution in [0, 0.1) is 0 Å². The largest absolute Gasteiger partial charge is 0.495 e. The first kappa shape index (κ1) is 11.9. The molecule has 0 aliphatic carbocycles. The Morgan fingerprint density at radius 3 is 2.88 bits per heavy atom. The van der Waals surface area contributed by atoms with Gasteiger partial charge in [0.05, 0.1) is 18.8 Å². The molecule has 92 valence electrons. The van der Waals surface area contributed by atoms with Crippen molar-refractivity contribution >= 4 is 11.6 Å². The number of anilines is 1. The van der Waals surface area contributed by atoms with Crippen molar-refractivity contribution in [1.29, 1.82) is 0 Å². The van der Waals surface area contributed by atoms with Gasteiger partial charge in [-0.2, -0.15) is 0 Å². The lowest BCUT2D eigenvalue weighted by atomic mass is 10.2. The van der Waals surface area contributed by atoms with E-state index in [2.05, 4.69) is 5.32 Å². The number of para-hydroxylation sites is 2. The maximum absolute atomic E-state index is 12.2. The first-order chi connectivity index (χ1) is 8.24. The van der Waals surface area contributed by atoms with Gasteiger partial charge < -0.3 is 15.0 Å². The van der Waals surface area contributed by atoms with E-state index < -0.39 is 0 Å². The molecule has 1 aromatic rings. The van der Waals surface area contributed by atoms with E-state index in [1.807, 2.05) is 24.3 Å². The number of nitrogens with zero attached hydrogens (tertiary/aromatic N) is 1. The van der Waals surface area contributed by atoms with Crippen LogP contribution in [0.15, 0.2) is 24.3 Å². The standard InChI is InChI=1S/C13H18N2O2/c1-15(13(16)10-6-5-9-14-10)11-7-3-4-8-12(11)17-2/h3-4,7-8,10,14H,5-6,9H2,1-2H3/t10-/m1/s1. The van der Waals surface area contributed by atoms with Crippen LogP contribution in [0.2, 0.25) is 0 Å². The second-order valence-corrected chi connectivity index (χ2v) is 4.22. The number of carbonyl (C=O) groups excluding carboxylic acids is 1. The summed E-state index contributed by atoms with van der Waals surface area (Å²) in [5.41, 5.74) is 0.814. The molecule has 2 rings (SSSR count). The van der Waals surface area contributed by atoms with Crippen LogP contribution in [0.3, 0.4) is 0 Å². The summed E-state index contributed by atoms with van der Waals surface area (Å²) in [6.07, 6.45) is 1.98. The lowest BCUT2D eigenvalue weighted by Crippen LogP contribution is -2.41. The molecule has 0 aromatic heterocycles. The van der Waals surface area contributed by atoms with Crippen molar-refractivity contribution in [2.24, 2.45) is 0 Å². The van der Waals surface area contributed by atoms with Crippen molar-refractivity contribution < 1.29 is 9.53 Å². The van der Waals surface area contributed by atoms with Crippen LogP contribution in [0.25, 0.3) is 0 Å². The molecular weight excluding hydrogens is 216 g/mol. The van der Waals surface area contributed by atoms with Crippen molar-refractivity contribution in [2.75, 3.05) is 25.6 Å². The highest BCUT2D eigenvalue weighted by Crippen LogP contribution is 2.27. The highest BCUT2D eigenvalue weighted by Gasteiger charge is 2.26. The lowest BCUT2D eigenvalue weighted by Gasteiger charge is -2.23. The van der Waals surface area contributed by atoms with E-state index >= 15 is 0 Å². The van der Waals surface area contributed by atoms with Gasteiger partial charge in [0.1, 0.15) is 5.75 Å². The van der Waals surface area contributed by atoms with Gasteiger partial charge in [0.2, 0.25) is 5.91 Å². The summed E-state index contributed by atoms with van der Waals surface area (Å²) in [6, 6.07) is 7.51. The molecule has 1 N–H and O–H groups in total. The Kier molecular flexibility index (Phi) is 3.64. The molecule has 1 fully saturated rings. The van der Waals surface area contributed by atoms with Crippen LogP contribution in [0.5, 0.6) is 5.75 Å². The molecule has 0 unspecified atom stereocenters. The van der Waals surface area contributed by atoms with Gasteiger partial charge in [-0.05, 0) is 31.5 Å². The molecule has 0 saturated carbocycles. The number of methoxy groups -OCH3 is 1. The third-order valence-corrected chi connectivity index (χ3v) is 3.14. The topological polar surface area (TPSA) is 41.6 Å². The monoisotopic (exact) mass is 234 g/mol. The molecule has 0 bridgehead atoms. The van der Waals surface area contributed by atoms with Gasteiger partial charge in [0.25, 0.3) is 0 Å². The highest BCUT2D eigenvalue weighted by atomic mass is 16.5. The molecule has 1 aromatic carbocycles. The summed E-state index contributed by atoms with van der Waals surface area (Å²) in [5.74, 6) is 0.827. The van der Waals surface area contributed by atoms with E-state index in [4.69, 9.17) is 4.74 Å². The number of ether oxygens (including phenoxy) is 1. The van der Waals surface area contributed by atoms with E-state index in [1.54, 1.807) is 19.1 Å². The maximum atomic E-state index is 12.2. The van der Waals surface area contributed by atoms with E-state index in [0.717, 1.165) is 30.8 Å². The minimum absolute atomic E-state index is 0.0510. The summed E-state index contributed by atoms with van der Waals surface area (Å²) >= 11 is 0. The molecule has 1 atom stereocenters. The van der Waals surface area contributed by atoms with Gasteiger partial charge >= 0.3 is 0 Å². The Morgan fingerprint density at radius 1 is 1.47 bits per heavy atom. The molecule has 1 saturated heterocycles. The number of benzene rings is 1. The molecule has 0 radical (unpaired) electrons. The molecule has 4 heteroatoms. The minimum Gasteiger partial charge on any atom is -0.495 e. The molecule has 1 aliphatic heterocycles. The van der Waals surface area contributed by atoms with E-state index in [-0.39, 0.29) is 11.9 Å². The average Bonchev–Trinajstić information content (AvgIpc) is 2.90. The van der Waals surface area contributed by atoms with Gasteiger partial charge in [0, 0.05) is 7.05 Å². The fourth-order valence-electron chi connectivity index (χ4n) is 2.15.